The molecule has 3 N–H and O–H groups in total. The van der Waals surface area contributed by atoms with Gasteiger partial charge in [0.1, 0.15) is 11.6 Å². The first-order valence-corrected chi connectivity index (χ1v) is 7.90. The summed E-state index contributed by atoms with van der Waals surface area (Å²) in [6, 6.07) is 9.78. The summed E-state index contributed by atoms with van der Waals surface area (Å²) >= 11 is 0. The fourth-order valence-corrected chi connectivity index (χ4v) is 2.28. The Morgan fingerprint density at radius 3 is 2.40 bits per heavy atom. The molecule has 2 aromatic carbocycles. The van der Waals surface area contributed by atoms with Gasteiger partial charge in [-0.05, 0) is 43.2 Å². The van der Waals surface area contributed by atoms with E-state index in [9.17, 15) is 18.4 Å². The minimum atomic E-state index is -0.725. The van der Waals surface area contributed by atoms with Crippen LogP contribution < -0.4 is 16.0 Å². The summed E-state index contributed by atoms with van der Waals surface area (Å²) in [5.41, 5.74) is 1.11. The van der Waals surface area contributed by atoms with E-state index in [0.717, 1.165) is 31.0 Å². The first-order valence-electron chi connectivity index (χ1n) is 7.90. The van der Waals surface area contributed by atoms with E-state index in [0.29, 0.717) is 11.3 Å². The Kier molecular flexibility index (Phi) is 4.92. The largest absolute Gasteiger partial charge is 0.376 e. The van der Waals surface area contributed by atoms with E-state index in [1.807, 2.05) is 0 Å². The van der Waals surface area contributed by atoms with E-state index in [4.69, 9.17) is 0 Å². The lowest BCUT2D eigenvalue weighted by molar-refractivity contribution is -0.114. The van der Waals surface area contributed by atoms with Crippen molar-refractivity contribution in [3.63, 3.8) is 0 Å². The zero-order valence-electron chi connectivity index (χ0n) is 13.3. The van der Waals surface area contributed by atoms with Crippen molar-refractivity contribution in [1.29, 1.82) is 0 Å². The molecule has 2 aromatic rings. The summed E-state index contributed by atoms with van der Waals surface area (Å²) in [5, 5.41) is 8.16. The number of carbonyl (C=O) groups excluding carboxylic acids is 2. The number of carbonyl (C=O) groups is 2. The van der Waals surface area contributed by atoms with E-state index < -0.39 is 17.5 Å². The Hall–Kier alpha value is -2.96. The minimum Gasteiger partial charge on any atom is -0.376 e. The second-order valence-electron chi connectivity index (χ2n) is 5.89. The average Bonchev–Trinajstić information content (AvgIpc) is 3.36. The first-order chi connectivity index (χ1) is 12.0. The Balaban J connectivity index is 1.56. The molecule has 0 bridgehead atoms. The van der Waals surface area contributed by atoms with Crippen LogP contribution in [0.4, 0.5) is 20.2 Å². The van der Waals surface area contributed by atoms with Gasteiger partial charge in [-0.15, -0.1) is 0 Å². The minimum absolute atomic E-state index is 0.165. The van der Waals surface area contributed by atoms with Crippen LogP contribution in [0.1, 0.15) is 23.2 Å². The second-order valence-corrected chi connectivity index (χ2v) is 5.89. The molecule has 1 fully saturated rings. The zero-order chi connectivity index (χ0) is 17.8. The van der Waals surface area contributed by atoms with Gasteiger partial charge >= 0.3 is 0 Å². The predicted molar refractivity (Wildman–Crippen MR) is 90.4 cm³/mol. The highest BCUT2D eigenvalue weighted by atomic mass is 19.1. The molecule has 0 radical (unpaired) electrons. The smallest absolute Gasteiger partial charge is 0.251 e. The molecular weight excluding hydrogens is 328 g/mol. The normalized spacial score (nSPS) is 13.2. The Bertz CT molecular complexity index is 786. The molecule has 0 spiro atoms. The molecule has 3 rings (SSSR count). The first kappa shape index (κ1) is 16.9. The summed E-state index contributed by atoms with van der Waals surface area (Å²) < 4.78 is 26.2. The predicted octanol–water partition coefficient (Wildman–Crippen LogP) is 2.91. The van der Waals surface area contributed by atoms with Crippen LogP contribution in [0.25, 0.3) is 0 Å². The van der Waals surface area contributed by atoms with Crippen LogP contribution in [0, 0.1) is 11.6 Å². The summed E-state index contributed by atoms with van der Waals surface area (Å²) in [6.07, 6.45) is 1.99. The Labute approximate surface area is 143 Å². The highest BCUT2D eigenvalue weighted by Crippen LogP contribution is 2.20. The SMILES string of the molecule is O=C(CNc1cc(F)cc(F)c1)Nc1cccc(C(=O)NC2CC2)c1. The summed E-state index contributed by atoms with van der Waals surface area (Å²) in [7, 11) is 0. The van der Waals surface area contributed by atoms with Gasteiger partial charge in [0.05, 0.1) is 6.54 Å². The van der Waals surface area contributed by atoms with Crippen molar-refractivity contribution in [3.05, 3.63) is 59.7 Å². The molecule has 1 aliphatic rings. The third kappa shape index (κ3) is 5.00. The van der Waals surface area contributed by atoms with Crippen molar-refractivity contribution in [3.8, 4) is 0 Å². The summed E-state index contributed by atoms with van der Waals surface area (Å²) in [4.78, 5) is 24.0. The number of rotatable bonds is 6. The quantitative estimate of drug-likeness (QED) is 0.754. The molecule has 0 unspecified atom stereocenters. The van der Waals surface area contributed by atoms with Crippen molar-refractivity contribution in [2.45, 2.75) is 18.9 Å². The van der Waals surface area contributed by atoms with Crippen LogP contribution >= 0.6 is 0 Å². The summed E-state index contributed by atoms with van der Waals surface area (Å²) in [6.45, 7) is -0.165. The van der Waals surface area contributed by atoms with Crippen LogP contribution in [0.2, 0.25) is 0 Å². The van der Waals surface area contributed by atoms with Crippen molar-refractivity contribution in [1.82, 2.24) is 5.32 Å². The zero-order valence-corrected chi connectivity index (χ0v) is 13.3. The number of amides is 2. The molecule has 0 atom stereocenters. The molecule has 2 amide bonds. The number of hydrogen-bond donors (Lipinski definition) is 3. The fraction of sp³-hybridized carbons (Fsp3) is 0.222. The number of anilines is 2. The van der Waals surface area contributed by atoms with E-state index >= 15 is 0 Å². The van der Waals surface area contributed by atoms with Crippen molar-refractivity contribution >= 4 is 23.2 Å². The highest BCUT2D eigenvalue weighted by Gasteiger charge is 2.23. The standard InChI is InChI=1S/C18H17F2N3O2/c19-12-7-13(20)9-16(8-12)21-10-17(24)22-15-3-1-2-11(6-15)18(25)23-14-4-5-14/h1-3,6-9,14,21H,4-5,10H2,(H,22,24)(H,23,25). The van der Waals surface area contributed by atoms with Crippen LogP contribution in [0.3, 0.4) is 0 Å². The molecule has 1 aliphatic carbocycles. The molecular formula is C18H17F2N3O2. The van der Waals surface area contributed by atoms with Gasteiger partial charge < -0.3 is 16.0 Å². The van der Waals surface area contributed by atoms with Gasteiger partial charge in [-0.1, -0.05) is 6.07 Å². The van der Waals surface area contributed by atoms with E-state index in [1.165, 1.54) is 0 Å². The average molecular weight is 345 g/mol. The molecule has 0 aliphatic heterocycles. The number of benzene rings is 2. The van der Waals surface area contributed by atoms with Crippen LogP contribution in [-0.4, -0.2) is 24.4 Å². The van der Waals surface area contributed by atoms with E-state index in [1.54, 1.807) is 24.3 Å². The highest BCUT2D eigenvalue weighted by molar-refractivity contribution is 5.98. The van der Waals surface area contributed by atoms with Gasteiger partial charge in [0.2, 0.25) is 5.91 Å². The third-order valence-electron chi connectivity index (χ3n) is 3.64. The van der Waals surface area contributed by atoms with Gasteiger partial charge in [0, 0.05) is 29.0 Å². The molecule has 5 nitrogen and oxygen atoms in total. The van der Waals surface area contributed by atoms with E-state index in [-0.39, 0.29) is 24.2 Å². The van der Waals surface area contributed by atoms with Crippen LogP contribution in [0.5, 0.6) is 0 Å². The van der Waals surface area contributed by atoms with Crippen molar-refractivity contribution in [2.75, 3.05) is 17.2 Å². The van der Waals surface area contributed by atoms with Crippen molar-refractivity contribution in [2.24, 2.45) is 0 Å². The van der Waals surface area contributed by atoms with Gasteiger partial charge in [-0.3, -0.25) is 9.59 Å². The van der Waals surface area contributed by atoms with Gasteiger partial charge in [0.15, 0.2) is 0 Å². The topological polar surface area (TPSA) is 70.2 Å². The molecule has 25 heavy (non-hydrogen) atoms. The monoisotopic (exact) mass is 345 g/mol. The number of hydrogen-bond acceptors (Lipinski definition) is 3. The van der Waals surface area contributed by atoms with Crippen molar-refractivity contribution < 1.29 is 18.4 Å². The maximum Gasteiger partial charge on any atom is 0.251 e. The maximum absolute atomic E-state index is 13.1. The second kappa shape index (κ2) is 7.29. The molecule has 0 heterocycles. The van der Waals surface area contributed by atoms with Crippen LogP contribution in [-0.2, 0) is 4.79 Å². The van der Waals surface area contributed by atoms with Gasteiger partial charge in [-0.25, -0.2) is 8.78 Å². The molecule has 0 saturated heterocycles. The molecule has 0 aromatic heterocycles. The summed E-state index contributed by atoms with van der Waals surface area (Å²) in [5.74, 6) is -2.02. The molecule has 130 valence electrons. The van der Waals surface area contributed by atoms with Gasteiger partial charge in [-0.2, -0.15) is 0 Å². The number of halogens is 2. The lowest BCUT2D eigenvalue weighted by Gasteiger charge is -2.09. The van der Waals surface area contributed by atoms with Gasteiger partial charge in [0.25, 0.3) is 5.91 Å². The third-order valence-corrected chi connectivity index (χ3v) is 3.64. The molecule has 1 saturated carbocycles. The lowest BCUT2D eigenvalue weighted by atomic mass is 10.2. The molecule has 7 heteroatoms. The Morgan fingerprint density at radius 2 is 1.72 bits per heavy atom. The fourth-order valence-electron chi connectivity index (χ4n) is 2.28. The Morgan fingerprint density at radius 1 is 1.00 bits per heavy atom. The van der Waals surface area contributed by atoms with Crippen LogP contribution in [0.15, 0.2) is 42.5 Å². The van der Waals surface area contributed by atoms with E-state index in [2.05, 4.69) is 16.0 Å². The maximum atomic E-state index is 13.1. The lowest BCUT2D eigenvalue weighted by Crippen LogP contribution is -2.26. The number of nitrogens with one attached hydrogen (secondary N) is 3.